The van der Waals surface area contributed by atoms with Crippen LogP contribution in [0.2, 0.25) is 0 Å². The topological polar surface area (TPSA) is 89.0 Å². The summed E-state index contributed by atoms with van der Waals surface area (Å²) < 4.78 is 5.87. The molecule has 0 atom stereocenters. The van der Waals surface area contributed by atoms with Gasteiger partial charge in [-0.3, -0.25) is 19.8 Å². The molecule has 0 saturated carbocycles. The van der Waals surface area contributed by atoms with E-state index >= 15 is 0 Å². The lowest BCUT2D eigenvalue weighted by molar-refractivity contribution is -0.385. The van der Waals surface area contributed by atoms with Crippen LogP contribution in [0.25, 0.3) is 17.4 Å². The van der Waals surface area contributed by atoms with Crippen molar-refractivity contribution in [1.29, 1.82) is 0 Å². The highest BCUT2D eigenvalue weighted by Crippen LogP contribution is 2.35. The standard InChI is InChI=1S/C23H19N3O4S/c1-14-7-9-16(10-8-14)24-23-25(3)22(27)21(31-23)13-17-11-12-20(30-17)18-5-4-6-19(15(18)2)26(28)29/h4-13H,1-3H3/b21-13+,24-23?. The van der Waals surface area contributed by atoms with Crippen molar-refractivity contribution in [2.45, 2.75) is 13.8 Å². The number of furan rings is 1. The molecule has 0 spiro atoms. The van der Waals surface area contributed by atoms with Gasteiger partial charge in [0.25, 0.3) is 11.6 Å². The number of nitro groups is 1. The zero-order valence-corrected chi connectivity index (χ0v) is 18.0. The maximum Gasteiger partial charge on any atom is 0.273 e. The summed E-state index contributed by atoms with van der Waals surface area (Å²) in [4.78, 5) is 30.0. The highest BCUT2D eigenvalue weighted by Gasteiger charge is 2.30. The molecule has 1 aromatic heterocycles. The second kappa shape index (κ2) is 8.23. The van der Waals surface area contributed by atoms with Crippen molar-refractivity contribution in [1.82, 2.24) is 4.90 Å². The Morgan fingerprint density at radius 2 is 1.84 bits per heavy atom. The molecule has 4 rings (SSSR count). The van der Waals surface area contributed by atoms with Crippen LogP contribution in [0.4, 0.5) is 11.4 Å². The van der Waals surface area contributed by atoms with E-state index in [1.54, 1.807) is 44.3 Å². The number of amidine groups is 1. The first kappa shape index (κ1) is 20.6. The van der Waals surface area contributed by atoms with E-state index in [1.165, 1.54) is 22.7 Å². The number of carbonyl (C=O) groups is 1. The molecule has 1 aliphatic heterocycles. The minimum atomic E-state index is -0.413. The second-order valence-electron chi connectivity index (χ2n) is 7.11. The lowest BCUT2D eigenvalue weighted by atomic mass is 10.1. The molecule has 0 aliphatic carbocycles. The van der Waals surface area contributed by atoms with Crippen LogP contribution in [0.3, 0.4) is 0 Å². The molecule has 2 heterocycles. The van der Waals surface area contributed by atoms with Crippen LogP contribution in [0.15, 0.2) is 68.9 Å². The Hall–Kier alpha value is -3.65. The van der Waals surface area contributed by atoms with Crippen molar-refractivity contribution in [3.8, 4) is 11.3 Å². The van der Waals surface area contributed by atoms with Crippen molar-refractivity contribution in [2.24, 2.45) is 4.99 Å². The molecular formula is C23H19N3O4S. The number of nitrogens with zero attached hydrogens (tertiary/aromatic N) is 3. The fourth-order valence-corrected chi connectivity index (χ4v) is 4.14. The lowest BCUT2D eigenvalue weighted by Gasteiger charge is -2.07. The highest BCUT2D eigenvalue weighted by atomic mass is 32.2. The third-order valence-electron chi connectivity index (χ3n) is 4.93. The van der Waals surface area contributed by atoms with Crippen LogP contribution in [-0.4, -0.2) is 27.9 Å². The van der Waals surface area contributed by atoms with E-state index in [4.69, 9.17) is 4.42 Å². The van der Waals surface area contributed by atoms with Crippen molar-refractivity contribution >= 4 is 40.3 Å². The van der Waals surface area contributed by atoms with Crippen molar-refractivity contribution in [3.05, 3.63) is 86.5 Å². The molecule has 1 saturated heterocycles. The molecule has 2 aromatic carbocycles. The molecule has 1 aliphatic rings. The Balaban J connectivity index is 1.61. The fourth-order valence-electron chi connectivity index (χ4n) is 3.17. The van der Waals surface area contributed by atoms with Gasteiger partial charge < -0.3 is 4.42 Å². The van der Waals surface area contributed by atoms with E-state index in [-0.39, 0.29) is 11.6 Å². The number of nitro benzene ring substituents is 1. The molecule has 0 N–H and O–H groups in total. The third kappa shape index (κ3) is 4.15. The Labute approximate surface area is 183 Å². The van der Waals surface area contributed by atoms with Crippen LogP contribution in [-0.2, 0) is 4.79 Å². The van der Waals surface area contributed by atoms with Crippen LogP contribution in [0.5, 0.6) is 0 Å². The monoisotopic (exact) mass is 433 g/mol. The molecule has 8 heteroatoms. The van der Waals surface area contributed by atoms with Gasteiger partial charge in [0.2, 0.25) is 0 Å². The first-order valence-electron chi connectivity index (χ1n) is 9.50. The van der Waals surface area contributed by atoms with Crippen molar-refractivity contribution in [3.63, 3.8) is 0 Å². The van der Waals surface area contributed by atoms with Gasteiger partial charge in [-0.1, -0.05) is 29.8 Å². The molecule has 0 bridgehead atoms. The zero-order valence-electron chi connectivity index (χ0n) is 17.2. The van der Waals surface area contributed by atoms with Gasteiger partial charge in [0.1, 0.15) is 11.5 Å². The van der Waals surface area contributed by atoms with Crippen LogP contribution < -0.4 is 0 Å². The number of benzene rings is 2. The number of rotatable bonds is 4. The van der Waals surface area contributed by atoms with Gasteiger partial charge in [0, 0.05) is 30.3 Å². The molecule has 7 nitrogen and oxygen atoms in total. The van der Waals surface area contributed by atoms with Crippen molar-refractivity contribution in [2.75, 3.05) is 7.05 Å². The average molecular weight is 433 g/mol. The first-order valence-corrected chi connectivity index (χ1v) is 10.3. The Morgan fingerprint density at radius 3 is 2.55 bits per heavy atom. The Kier molecular flexibility index (Phi) is 5.48. The molecule has 1 fully saturated rings. The number of amides is 1. The van der Waals surface area contributed by atoms with Crippen molar-refractivity contribution < 1.29 is 14.1 Å². The largest absolute Gasteiger partial charge is 0.457 e. The Morgan fingerprint density at radius 1 is 1.10 bits per heavy atom. The summed E-state index contributed by atoms with van der Waals surface area (Å²) in [5.41, 5.74) is 3.12. The molecule has 3 aromatic rings. The number of hydrogen-bond acceptors (Lipinski definition) is 6. The van der Waals surface area contributed by atoms with Gasteiger partial charge in [-0.15, -0.1) is 0 Å². The van der Waals surface area contributed by atoms with Gasteiger partial charge in [-0.05, 0) is 49.9 Å². The molecule has 0 radical (unpaired) electrons. The van der Waals surface area contributed by atoms with E-state index in [2.05, 4.69) is 4.99 Å². The van der Waals surface area contributed by atoms with E-state index in [1.807, 2.05) is 31.2 Å². The second-order valence-corrected chi connectivity index (χ2v) is 8.12. The van der Waals surface area contributed by atoms with Gasteiger partial charge in [0.15, 0.2) is 5.17 Å². The maximum absolute atomic E-state index is 12.7. The summed E-state index contributed by atoms with van der Waals surface area (Å²) in [7, 11) is 1.68. The summed E-state index contributed by atoms with van der Waals surface area (Å²) in [6.07, 6.45) is 1.66. The number of aryl methyl sites for hydroxylation is 1. The number of hydrogen-bond donors (Lipinski definition) is 0. The average Bonchev–Trinajstić information content (AvgIpc) is 3.30. The summed E-state index contributed by atoms with van der Waals surface area (Å²) in [5.74, 6) is 0.826. The fraction of sp³-hybridized carbons (Fsp3) is 0.130. The first-order chi connectivity index (χ1) is 14.8. The van der Waals surface area contributed by atoms with E-state index in [0.717, 1.165) is 11.3 Å². The third-order valence-corrected chi connectivity index (χ3v) is 5.99. The zero-order chi connectivity index (χ0) is 22.1. The number of thioether (sulfide) groups is 1. The van der Waals surface area contributed by atoms with Crippen LogP contribution in [0.1, 0.15) is 16.9 Å². The van der Waals surface area contributed by atoms with Gasteiger partial charge in [-0.25, -0.2) is 4.99 Å². The molecular weight excluding hydrogens is 414 g/mol. The van der Waals surface area contributed by atoms with Crippen LogP contribution in [0, 0.1) is 24.0 Å². The molecule has 0 unspecified atom stereocenters. The maximum atomic E-state index is 12.7. The minimum Gasteiger partial charge on any atom is -0.457 e. The summed E-state index contributed by atoms with van der Waals surface area (Å²) in [6.45, 7) is 3.69. The predicted octanol–water partition coefficient (Wildman–Crippen LogP) is 5.71. The van der Waals surface area contributed by atoms with Gasteiger partial charge >= 0.3 is 0 Å². The smallest absolute Gasteiger partial charge is 0.273 e. The Bertz CT molecular complexity index is 1240. The van der Waals surface area contributed by atoms with E-state index < -0.39 is 4.92 Å². The number of likely N-dealkylation sites (N-methyl/N-ethyl adjacent to an activating group) is 1. The summed E-state index contributed by atoms with van der Waals surface area (Å²) in [5, 5.41) is 11.8. The molecule has 31 heavy (non-hydrogen) atoms. The number of aliphatic imine (C=N–C) groups is 1. The van der Waals surface area contributed by atoms with Gasteiger partial charge in [-0.2, -0.15) is 0 Å². The molecule has 156 valence electrons. The number of carbonyl (C=O) groups excluding carboxylic acids is 1. The van der Waals surface area contributed by atoms with E-state index in [9.17, 15) is 14.9 Å². The van der Waals surface area contributed by atoms with E-state index in [0.29, 0.717) is 32.7 Å². The SMILES string of the molecule is Cc1ccc(N=C2S/C(=C/c3ccc(-c4cccc([N+](=O)[O-])c4C)o3)C(=O)N2C)cc1. The summed E-state index contributed by atoms with van der Waals surface area (Å²) >= 11 is 1.27. The van der Waals surface area contributed by atoms with Gasteiger partial charge in [0.05, 0.1) is 15.5 Å². The normalized spacial score (nSPS) is 16.5. The minimum absolute atomic E-state index is 0.0360. The highest BCUT2D eigenvalue weighted by molar-refractivity contribution is 8.18. The lowest BCUT2D eigenvalue weighted by Crippen LogP contribution is -2.23. The molecule has 1 amide bonds. The van der Waals surface area contributed by atoms with Crippen LogP contribution >= 0.6 is 11.8 Å². The summed E-state index contributed by atoms with van der Waals surface area (Å²) in [6, 6.07) is 16.1. The quantitative estimate of drug-likeness (QED) is 0.299. The predicted molar refractivity (Wildman–Crippen MR) is 122 cm³/mol.